The van der Waals surface area contributed by atoms with E-state index in [9.17, 15) is 0 Å². The van der Waals surface area contributed by atoms with Gasteiger partial charge in [-0.2, -0.15) is 0 Å². The standard InChI is InChI=1S/C13H21N/c1-5-11(4)14-8-13(9-14)6-12(7-13)10(2)3/h5,10,12H,1,4,6-9H2,2-3H3. The van der Waals surface area contributed by atoms with E-state index in [0.717, 1.165) is 17.5 Å². The van der Waals surface area contributed by atoms with Crippen LogP contribution < -0.4 is 0 Å². The van der Waals surface area contributed by atoms with E-state index < -0.39 is 0 Å². The molecule has 2 rings (SSSR count). The Balaban J connectivity index is 1.79. The van der Waals surface area contributed by atoms with Gasteiger partial charge in [0.05, 0.1) is 0 Å². The van der Waals surface area contributed by atoms with Crippen LogP contribution in [0.3, 0.4) is 0 Å². The Kier molecular flexibility index (Phi) is 2.21. The highest BCUT2D eigenvalue weighted by Crippen LogP contribution is 2.54. The van der Waals surface area contributed by atoms with Crippen LogP contribution in [0.15, 0.2) is 24.9 Å². The topological polar surface area (TPSA) is 3.24 Å². The summed E-state index contributed by atoms with van der Waals surface area (Å²) in [4.78, 5) is 2.35. The van der Waals surface area contributed by atoms with E-state index in [-0.39, 0.29) is 0 Å². The fourth-order valence-electron chi connectivity index (χ4n) is 2.88. The molecule has 1 saturated heterocycles. The first kappa shape index (κ1) is 9.82. The molecule has 0 radical (unpaired) electrons. The highest BCUT2D eigenvalue weighted by Gasteiger charge is 2.52. The minimum Gasteiger partial charge on any atom is -0.371 e. The first-order valence-electron chi connectivity index (χ1n) is 5.63. The summed E-state index contributed by atoms with van der Waals surface area (Å²) < 4.78 is 0. The van der Waals surface area contributed by atoms with Crippen molar-refractivity contribution in [2.75, 3.05) is 13.1 Å². The van der Waals surface area contributed by atoms with Gasteiger partial charge in [-0.05, 0) is 30.8 Å². The van der Waals surface area contributed by atoms with Crippen LogP contribution in [-0.2, 0) is 0 Å². The average molecular weight is 191 g/mol. The molecule has 0 unspecified atom stereocenters. The maximum atomic E-state index is 3.98. The zero-order valence-electron chi connectivity index (χ0n) is 9.42. The Morgan fingerprint density at radius 1 is 1.43 bits per heavy atom. The Labute approximate surface area is 87.5 Å². The van der Waals surface area contributed by atoms with Crippen molar-refractivity contribution in [2.45, 2.75) is 26.7 Å². The van der Waals surface area contributed by atoms with Crippen LogP contribution in [0, 0.1) is 17.3 Å². The van der Waals surface area contributed by atoms with Crippen LogP contribution in [0.1, 0.15) is 26.7 Å². The van der Waals surface area contributed by atoms with Crippen molar-refractivity contribution in [3.8, 4) is 0 Å². The van der Waals surface area contributed by atoms with Crippen LogP contribution in [0.4, 0.5) is 0 Å². The van der Waals surface area contributed by atoms with Gasteiger partial charge in [-0.1, -0.05) is 27.0 Å². The summed E-state index contributed by atoms with van der Waals surface area (Å²) in [6.45, 7) is 14.9. The van der Waals surface area contributed by atoms with Gasteiger partial charge in [0.25, 0.3) is 0 Å². The van der Waals surface area contributed by atoms with E-state index in [1.165, 1.54) is 25.9 Å². The molecule has 1 nitrogen and oxygen atoms in total. The number of nitrogens with zero attached hydrogens (tertiary/aromatic N) is 1. The zero-order chi connectivity index (χ0) is 10.3. The lowest BCUT2D eigenvalue weighted by molar-refractivity contribution is -0.0882. The first-order chi connectivity index (χ1) is 6.56. The highest BCUT2D eigenvalue weighted by atomic mass is 15.2. The fourth-order valence-corrected chi connectivity index (χ4v) is 2.88. The van der Waals surface area contributed by atoms with Crippen molar-refractivity contribution in [2.24, 2.45) is 17.3 Å². The lowest BCUT2D eigenvalue weighted by atomic mass is 9.55. The molecule has 1 spiro atoms. The summed E-state index contributed by atoms with van der Waals surface area (Å²) >= 11 is 0. The summed E-state index contributed by atoms with van der Waals surface area (Å²) in [5.41, 5.74) is 1.77. The molecular formula is C13H21N. The monoisotopic (exact) mass is 191 g/mol. The van der Waals surface area contributed by atoms with Crippen molar-refractivity contribution in [1.29, 1.82) is 0 Å². The Bertz CT molecular complexity index is 250. The van der Waals surface area contributed by atoms with Crippen molar-refractivity contribution in [1.82, 2.24) is 4.90 Å². The van der Waals surface area contributed by atoms with Gasteiger partial charge in [-0.25, -0.2) is 0 Å². The molecule has 0 atom stereocenters. The Morgan fingerprint density at radius 2 is 2.00 bits per heavy atom. The van der Waals surface area contributed by atoms with Crippen LogP contribution >= 0.6 is 0 Å². The van der Waals surface area contributed by atoms with E-state index in [1.807, 2.05) is 6.08 Å². The smallest absolute Gasteiger partial charge is 0.0287 e. The van der Waals surface area contributed by atoms with Gasteiger partial charge in [0.2, 0.25) is 0 Å². The van der Waals surface area contributed by atoms with Crippen LogP contribution in [0.25, 0.3) is 0 Å². The van der Waals surface area contributed by atoms with Crippen molar-refractivity contribution < 1.29 is 0 Å². The predicted molar refractivity (Wildman–Crippen MR) is 60.9 cm³/mol. The first-order valence-corrected chi connectivity index (χ1v) is 5.63. The van der Waals surface area contributed by atoms with Gasteiger partial charge in [0, 0.05) is 24.2 Å². The summed E-state index contributed by atoms with van der Waals surface area (Å²) in [5, 5.41) is 0. The van der Waals surface area contributed by atoms with Crippen LogP contribution in [0.2, 0.25) is 0 Å². The van der Waals surface area contributed by atoms with Gasteiger partial charge in [-0.3, -0.25) is 0 Å². The molecule has 1 aliphatic carbocycles. The van der Waals surface area contributed by atoms with E-state index in [0.29, 0.717) is 5.41 Å². The predicted octanol–water partition coefficient (Wildman–Crippen LogP) is 3.05. The van der Waals surface area contributed by atoms with Crippen molar-refractivity contribution in [3.05, 3.63) is 24.9 Å². The summed E-state index contributed by atoms with van der Waals surface area (Å²) in [7, 11) is 0. The minimum atomic E-state index is 0.668. The van der Waals surface area contributed by atoms with E-state index in [2.05, 4.69) is 31.9 Å². The molecule has 0 aromatic heterocycles. The molecule has 1 heteroatoms. The average Bonchev–Trinajstić information content (AvgIpc) is 1.98. The molecule has 14 heavy (non-hydrogen) atoms. The lowest BCUT2D eigenvalue weighted by Crippen LogP contribution is -2.61. The third kappa shape index (κ3) is 1.39. The molecule has 78 valence electrons. The molecule has 0 aromatic carbocycles. The molecule has 0 bridgehead atoms. The second-order valence-electron chi connectivity index (χ2n) is 5.46. The number of allylic oxidation sites excluding steroid dienone is 1. The molecule has 1 saturated carbocycles. The summed E-state index contributed by atoms with van der Waals surface area (Å²) in [6.07, 6.45) is 4.74. The Morgan fingerprint density at radius 3 is 2.43 bits per heavy atom. The molecule has 1 aliphatic heterocycles. The molecule has 0 amide bonds. The second-order valence-corrected chi connectivity index (χ2v) is 5.46. The van der Waals surface area contributed by atoms with Crippen LogP contribution in [-0.4, -0.2) is 18.0 Å². The normalized spacial score (nSPS) is 24.6. The van der Waals surface area contributed by atoms with Crippen molar-refractivity contribution in [3.63, 3.8) is 0 Å². The van der Waals surface area contributed by atoms with E-state index in [4.69, 9.17) is 0 Å². The van der Waals surface area contributed by atoms with Crippen LogP contribution in [0.5, 0.6) is 0 Å². The second kappa shape index (κ2) is 3.15. The minimum absolute atomic E-state index is 0.668. The molecule has 1 heterocycles. The summed E-state index contributed by atoms with van der Waals surface area (Å²) in [6, 6.07) is 0. The Hall–Kier alpha value is -0.720. The largest absolute Gasteiger partial charge is 0.371 e. The van der Waals surface area contributed by atoms with Gasteiger partial charge in [-0.15, -0.1) is 0 Å². The molecule has 0 N–H and O–H groups in total. The highest BCUT2D eigenvalue weighted by molar-refractivity contribution is 5.18. The van der Waals surface area contributed by atoms with Gasteiger partial charge < -0.3 is 4.90 Å². The number of likely N-dealkylation sites (tertiary alicyclic amines) is 1. The van der Waals surface area contributed by atoms with Gasteiger partial charge in [0.15, 0.2) is 0 Å². The quantitative estimate of drug-likeness (QED) is 0.620. The maximum absolute atomic E-state index is 3.98. The lowest BCUT2D eigenvalue weighted by Gasteiger charge is -2.61. The van der Waals surface area contributed by atoms with Gasteiger partial charge >= 0.3 is 0 Å². The third-order valence-corrected chi connectivity index (χ3v) is 4.03. The zero-order valence-corrected chi connectivity index (χ0v) is 9.42. The number of rotatable bonds is 3. The molecule has 0 aromatic rings. The van der Waals surface area contributed by atoms with Crippen molar-refractivity contribution >= 4 is 0 Å². The molecule has 2 fully saturated rings. The number of hydrogen-bond donors (Lipinski definition) is 0. The maximum Gasteiger partial charge on any atom is 0.0287 e. The fraction of sp³-hybridized carbons (Fsp3) is 0.692. The molecular weight excluding hydrogens is 170 g/mol. The third-order valence-electron chi connectivity index (χ3n) is 4.03. The van der Waals surface area contributed by atoms with E-state index in [1.54, 1.807) is 0 Å². The SMILES string of the molecule is C=CC(=C)N1CC2(CC(C(C)C)C2)C1. The summed E-state index contributed by atoms with van der Waals surface area (Å²) in [5.74, 6) is 1.85. The van der Waals surface area contributed by atoms with E-state index >= 15 is 0 Å². The van der Waals surface area contributed by atoms with Gasteiger partial charge in [0.1, 0.15) is 0 Å². The number of hydrogen-bond acceptors (Lipinski definition) is 1. The molecule has 2 aliphatic rings.